The van der Waals surface area contributed by atoms with Gasteiger partial charge in [0.2, 0.25) is 11.4 Å². The molecule has 2 amide bonds. The number of methoxy groups -OCH3 is 1. The number of phenolic OH excluding ortho intramolecular Hbond substituents is 3. The second kappa shape index (κ2) is 25.3. The van der Waals surface area contributed by atoms with Gasteiger partial charge < -0.3 is 79.4 Å². The molecule has 4 heterocycles. The molecule has 0 saturated carbocycles. The van der Waals surface area contributed by atoms with Gasteiger partial charge in [-0.15, -0.1) is 0 Å². The van der Waals surface area contributed by atoms with Crippen LogP contribution in [-0.4, -0.2) is 173 Å². The molecule has 4 aliphatic rings. The first kappa shape index (κ1) is 61.9. The molecule has 2 aromatic carbocycles. The first-order valence-electron chi connectivity index (χ1n) is 24.5. The zero-order valence-electron chi connectivity index (χ0n) is 44.0. The lowest BCUT2D eigenvalue weighted by atomic mass is 9.78. The minimum absolute atomic E-state index is 0.0298. The summed E-state index contributed by atoms with van der Waals surface area (Å²) in [4.78, 5) is 104. The van der Waals surface area contributed by atoms with Gasteiger partial charge in [0, 0.05) is 100 Å². The number of Topliss-reactive ketones (excluding diaryl/α,β-unsaturated/α-hetero) is 1. The summed E-state index contributed by atoms with van der Waals surface area (Å²) in [6.07, 6.45) is 2.92. The molecule has 1 saturated heterocycles. The van der Waals surface area contributed by atoms with Gasteiger partial charge >= 0.3 is 32.9 Å². The summed E-state index contributed by atoms with van der Waals surface area (Å²) in [6.45, 7) is 13.4. The van der Waals surface area contributed by atoms with Crippen LogP contribution >= 0.6 is 15.2 Å². The highest BCUT2D eigenvalue weighted by Crippen LogP contribution is 2.58. The highest BCUT2D eigenvalue weighted by atomic mass is 31.2. The quantitative estimate of drug-likeness (QED) is 0.0451. The summed E-state index contributed by atoms with van der Waals surface area (Å²) in [6, 6.07) is 0. The molecule has 6 rings (SSSR count). The van der Waals surface area contributed by atoms with Crippen molar-refractivity contribution >= 4 is 67.4 Å². The molecule has 11 N–H and O–H groups in total. The molecular weight excluding hydrogens is 1060 g/mol. The molecule has 0 aliphatic carbocycles. The lowest BCUT2D eigenvalue weighted by Crippen LogP contribution is -2.46. The molecule has 77 heavy (non-hydrogen) atoms. The van der Waals surface area contributed by atoms with Crippen LogP contribution in [0.3, 0.4) is 0 Å². The van der Waals surface area contributed by atoms with Crippen LogP contribution < -0.4 is 15.4 Å². The molecule has 2 aromatic rings. The van der Waals surface area contributed by atoms with E-state index in [9.17, 15) is 78.2 Å². The second-order valence-electron chi connectivity index (χ2n) is 19.5. The molecule has 426 valence electrons. The van der Waals surface area contributed by atoms with E-state index < -0.39 is 145 Å². The van der Waals surface area contributed by atoms with Crippen LogP contribution in [0.25, 0.3) is 10.8 Å². The van der Waals surface area contributed by atoms with Gasteiger partial charge in [-0.1, -0.05) is 45.9 Å². The van der Waals surface area contributed by atoms with E-state index in [0.717, 1.165) is 12.5 Å². The molecule has 0 radical (unpaired) electrons. The van der Waals surface area contributed by atoms with Crippen molar-refractivity contribution in [3.8, 4) is 23.0 Å². The minimum Gasteiger partial charge on any atom is -0.507 e. The zero-order valence-corrected chi connectivity index (χ0v) is 45.8. The zero-order chi connectivity index (χ0) is 57.6. The number of hydrogen-bond acceptors (Lipinski definition) is 20. The fourth-order valence-corrected chi connectivity index (χ4v) is 11.4. The third-order valence-corrected chi connectivity index (χ3v) is 17.2. The summed E-state index contributed by atoms with van der Waals surface area (Å²) >= 11 is 0. The molecule has 0 spiro atoms. The van der Waals surface area contributed by atoms with Crippen LogP contribution in [0, 0.1) is 30.6 Å². The van der Waals surface area contributed by atoms with Crippen molar-refractivity contribution in [1.29, 1.82) is 0 Å². The van der Waals surface area contributed by atoms with Gasteiger partial charge in [-0.2, -0.15) is 5.10 Å². The number of aromatic hydroxyl groups is 3. The van der Waals surface area contributed by atoms with Crippen molar-refractivity contribution in [2.24, 2.45) is 28.8 Å². The first-order valence-corrected chi connectivity index (χ1v) is 27.8. The number of aliphatic hydroxyl groups excluding tert-OH is 2. The Kier molecular flexibility index (Phi) is 20.3. The summed E-state index contributed by atoms with van der Waals surface area (Å²) in [7, 11) is -9.48. The Labute approximate surface area is 443 Å². The molecule has 0 aromatic heterocycles. The number of nitrogens with zero attached hydrogens (tertiary/aromatic N) is 3. The maximum atomic E-state index is 14.6. The highest BCUT2D eigenvalue weighted by molar-refractivity contribution is 7.70. The number of hydrazone groups is 1. The number of rotatable bonds is 13. The average Bonchev–Trinajstić information content (AvgIpc) is 3.74. The number of phenols is 3. The number of hydrogen-bond donors (Lipinski definition) is 11. The number of piperazine rings is 1. The van der Waals surface area contributed by atoms with Crippen molar-refractivity contribution in [1.82, 2.24) is 15.2 Å². The Morgan fingerprint density at radius 1 is 0.909 bits per heavy atom. The Morgan fingerprint density at radius 2 is 1.55 bits per heavy atom. The monoisotopic (exact) mass is 1130 g/mol. The summed E-state index contributed by atoms with van der Waals surface area (Å²) in [5.74, 6) is -11.5. The number of fused-ring (bicyclic) bond motifs is 14. The lowest BCUT2D eigenvalue weighted by Gasteiger charge is -2.38. The van der Waals surface area contributed by atoms with Crippen LogP contribution in [0.2, 0.25) is 0 Å². The van der Waals surface area contributed by atoms with Crippen LogP contribution in [0.15, 0.2) is 41.2 Å². The number of carbonyl (C=O) groups excluding carboxylic acids is 5. The van der Waals surface area contributed by atoms with E-state index in [-0.39, 0.29) is 59.6 Å². The number of benzene rings is 2. The van der Waals surface area contributed by atoms with E-state index in [1.165, 1.54) is 53.0 Å². The number of esters is 2. The van der Waals surface area contributed by atoms with E-state index >= 15 is 0 Å². The van der Waals surface area contributed by atoms with E-state index in [0.29, 0.717) is 13.1 Å². The van der Waals surface area contributed by atoms with E-state index in [1.54, 1.807) is 44.1 Å². The number of nitrogens with one attached hydrogen (secondary N) is 2. The summed E-state index contributed by atoms with van der Waals surface area (Å²) < 4.78 is 51.7. The summed E-state index contributed by atoms with van der Waals surface area (Å²) in [5.41, 5.74) is -3.69. The fraction of sp³-hybridized carbons (Fsp3) is 0.551. The van der Waals surface area contributed by atoms with Crippen molar-refractivity contribution < 1.29 is 102 Å². The Hall–Kier alpha value is -5.92. The molecule has 5 bridgehead atoms. The number of aliphatic hydroxyl groups is 2. The molecular formula is C49H69N5O21P2. The van der Waals surface area contributed by atoms with Crippen molar-refractivity contribution in [3.63, 3.8) is 0 Å². The predicted molar refractivity (Wildman–Crippen MR) is 276 cm³/mol. The van der Waals surface area contributed by atoms with Gasteiger partial charge in [0.15, 0.2) is 5.75 Å². The van der Waals surface area contributed by atoms with E-state index in [2.05, 4.69) is 10.4 Å². The fourth-order valence-electron chi connectivity index (χ4n) is 9.24. The normalized spacial score (nSPS) is 27.7. The number of anilines is 1. The topological polar surface area (TPSA) is 391 Å². The predicted octanol–water partition coefficient (Wildman–Crippen LogP) is 2.78. The van der Waals surface area contributed by atoms with Crippen LogP contribution in [0.4, 0.5) is 5.69 Å². The van der Waals surface area contributed by atoms with Gasteiger partial charge in [-0.05, 0) is 19.9 Å². The molecule has 28 heteroatoms. The molecule has 26 nitrogen and oxygen atoms in total. The number of ether oxygens (including phenoxy) is 5. The Bertz CT molecular complexity index is 2780. The van der Waals surface area contributed by atoms with Gasteiger partial charge in [0.05, 0.1) is 59.4 Å². The maximum absolute atomic E-state index is 14.6. The minimum atomic E-state index is -5.44. The highest BCUT2D eigenvalue weighted by Gasteiger charge is 2.50. The van der Waals surface area contributed by atoms with Gasteiger partial charge in [0.25, 0.3) is 11.7 Å². The maximum Gasteiger partial charge on any atom is 0.360 e. The Morgan fingerprint density at radius 3 is 2.14 bits per heavy atom. The van der Waals surface area contributed by atoms with Crippen molar-refractivity contribution in [2.75, 3.05) is 51.8 Å². The van der Waals surface area contributed by atoms with E-state index in [1.807, 2.05) is 4.90 Å². The Balaban J connectivity index is 1.45. The van der Waals surface area contributed by atoms with Crippen molar-refractivity contribution in [3.05, 3.63) is 52.8 Å². The average molecular weight is 1130 g/mol. The molecule has 0 unspecified atom stereocenters. The van der Waals surface area contributed by atoms with Gasteiger partial charge in [-0.25, -0.2) is 0 Å². The third kappa shape index (κ3) is 14.4. The first-order chi connectivity index (χ1) is 35.8. The number of allylic oxidation sites excluding steroid dienone is 2. The SMILES string of the molecule is CO[C@H]1/C=C/O[C@@]2(C)Oc3c(C)c(O)c4c(O)c(c(/C=N/N5CCN(CCOC(=O)CCC(=O)NC(P(=O)(O)O)P(=O)(O)O)CC5)c(O)c4c3C2=O)NC(=O)/C(C)=C\C=C\[C@H](C)[C@H](O)[C@@H](C)[C@@H](O)[C@@H](C)[C@H](OC(C)=O)[C@@H]1C. The summed E-state index contributed by atoms with van der Waals surface area (Å²) in [5, 5.41) is 68.5. The number of amides is 2. The molecule has 9 atom stereocenters. The second-order valence-corrected chi connectivity index (χ2v) is 23.3. The lowest BCUT2D eigenvalue weighted by molar-refractivity contribution is -0.160. The molecule has 1 fully saturated rings. The van der Waals surface area contributed by atoms with Crippen LogP contribution in [0.1, 0.15) is 82.8 Å². The van der Waals surface area contributed by atoms with E-state index in [4.69, 9.17) is 23.7 Å². The van der Waals surface area contributed by atoms with Crippen LogP contribution in [-0.2, 0) is 47.3 Å². The largest absolute Gasteiger partial charge is 0.507 e. The van der Waals surface area contributed by atoms with Crippen LogP contribution in [0.5, 0.6) is 23.0 Å². The standard InChI is InChI=1S/C49H69N5O21P2/c1-24-11-10-12-25(2)47(64)52-38-31(23-50-54-18-16-53(17-19-54)20-22-72-34(57)14-13-33(56)51-48(76(65,66)67)77(68,69)70)42(61)35-36(43(38)62)41(60)29(6)45-37(35)46(63)49(8,75-45)73-21-15-32(71-9)26(3)44(74-30(7)55)28(5)40(59)27(4)39(24)58/h10-12,15,21,23-24,26-28,32,39-40,44,48,58-62H,13-14,16-20,22H2,1-9H3,(H,51,56)(H,52,64)(H2,65,66,67)(H2,68,69,70)/b11-10+,21-15+,25-12-,50-23+/t24-,26+,27+,28+,32-,39-,40+,44+,49-/m0/s1. The van der Waals surface area contributed by atoms with Crippen molar-refractivity contribution in [2.45, 2.75) is 104 Å². The van der Waals surface area contributed by atoms with Gasteiger partial charge in [-0.3, -0.25) is 43.0 Å². The number of carbonyl (C=O) groups is 5. The third-order valence-electron chi connectivity index (χ3n) is 13.9. The molecule has 4 aliphatic heterocycles. The smallest absolute Gasteiger partial charge is 0.360 e. The number of ketones is 1. The van der Waals surface area contributed by atoms with Gasteiger partial charge in [0.1, 0.15) is 30.0 Å².